The van der Waals surface area contributed by atoms with E-state index in [1.165, 1.54) is 189 Å². The first-order valence-corrected chi connectivity index (χ1v) is 20.4. The van der Waals surface area contributed by atoms with E-state index in [4.69, 9.17) is 0 Å². The predicted molar refractivity (Wildman–Crippen MR) is 201 cm³/mol. The number of quaternary nitrogens is 2. The summed E-state index contributed by atoms with van der Waals surface area (Å²) in [5.74, 6) is -2.45. The number of aliphatic carboxylic acids is 2. The molecule has 0 bridgehead atoms. The molecule has 0 aliphatic carbocycles. The monoisotopic (exact) mass is 671 g/mol. The van der Waals surface area contributed by atoms with Gasteiger partial charge in [-0.2, -0.15) is 0 Å². The number of carboxylic acids is 2. The topological polar surface area (TPSA) is 80.3 Å². The van der Waals surface area contributed by atoms with Crippen LogP contribution in [-0.4, -0.2) is 75.3 Å². The molecule has 0 amide bonds. The predicted octanol–water partition coefficient (Wildman–Crippen LogP) is 9.22. The minimum atomic E-state index is -1.23. The van der Waals surface area contributed by atoms with Crippen molar-refractivity contribution in [3.05, 3.63) is 0 Å². The van der Waals surface area contributed by atoms with Gasteiger partial charge in [0.25, 0.3) is 0 Å². The molecule has 0 spiro atoms. The standard InChI is InChI=1S/2C18H40N.C5H8O4/c2*1-5-7-9-11-13-15-17-19(3,4)18-16-14-12-10-8-6-2;6-4(7)2-1-3-5(8)9/h2*5-18H2,1-4H3;1-3H2,(H,6,7)(H,8,9)/q2*+1;/p-2. The van der Waals surface area contributed by atoms with Gasteiger partial charge in [0.15, 0.2) is 0 Å². The van der Waals surface area contributed by atoms with Gasteiger partial charge in [-0.15, -0.1) is 0 Å². The fourth-order valence-corrected chi connectivity index (χ4v) is 5.88. The lowest BCUT2D eigenvalue weighted by atomic mass is 10.1. The largest absolute Gasteiger partial charge is 0.550 e. The lowest BCUT2D eigenvalue weighted by molar-refractivity contribution is -0.890. The van der Waals surface area contributed by atoms with Gasteiger partial charge in [-0.3, -0.25) is 0 Å². The van der Waals surface area contributed by atoms with E-state index in [-0.39, 0.29) is 19.3 Å². The van der Waals surface area contributed by atoms with Gasteiger partial charge in [-0.05, 0) is 70.6 Å². The van der Waals surface area contributed by atoms with Crippen LogP contribution in [0.5, 0.6) is 0 Å². The number of carboxylic acid groups (broad SMARTS) is 2. The summed E-state index contributed by atoms with van der Waals surface area (Å²) in [6, 6.07) is 0. The van der Waals surface area contributed by atoms with Crippen LogP contribution in [0.1, 0.15) is 201 Å². The molecule has 284 valence electrons. The summed E-state index contributed by atoms with van der Waals surface area (Å²) in [5, 5.41) is 19.3. The summed E-state index contributed by atoms with van der Waals surface area (Å²) < 4.78 is 2.48. The molecule has 0 N–H and O–H groups in total. The van der Waals surface area contributed by atoms with Crippen LogP contribution in [0.2, 0.25) is 0 Å². The minimum absolute atomic E-state index is 0.0880. The Morgan fingerprint density at radius 2 is 0.532 bits per heavy atom. The van der Waals surface area contributed by atoms with Crippen LogP contribution < -0.4 is 10.2 Å². The third-order valence-electron chi connectivity index (χ3n) is 9.23. The fraction of sp³-hybridized carbons (Fsp3) is 0.951. The maximum absolute atomic E-state index is 9.66. The highest BCUT2D eigenvalue weighted by atomic mass is 16.4. The Balaban J connectivity index is -0.000000658. The summed E-state index contributed by atoms with van der Waals surface area (Å²) in [6.07, 6.45) is 33.9. The third kappa shape index (κ3) is 49.4. The van der Waals surface area contributed by atoms with E-state index in [9.17, 15) is 19.8 Å². The van der Waals surface area contributed by atoms with Crippen molar-refractivity contribution in [1.29, 1.82) is 0 Å². The van der Waals surface area contributed by atoms with E-state index in [1.54, 1.807) is 0 Å². The Morgan fingerprint density at radius 1 is 0.340 bits per heavy atom. The first-order chi connectivity index (χ1) is 22.4. The molecule has 0 rings (SSSR count). The number of carbonyl (C=O) groups is 2. The number of hydrogen-bond acceptors (Lipinski definition) is 4. The van der Waals surface area contributed by atoms with E-state index < -0.39 is 11.9 Å². The second-order valence-electron chi connectivity index (χ2n) is 15.4. The smallest absolute Gasteiger partial charge is 0.0782 e. The molecule has 0 saturated carbocycles. The van der Waals surface area contributed by atoms with Crippen molar-refractivity contribution in [2.75, 3.05) is 54.4 Å². The van der Waals surface area contributed by atoms with Crippen LogP contribution in [0.3, 0.4) is 0 Å². The first kappa shape index (κ1) is 50.2. The molecule has 0 heterocycles. The summed E-state index contributed by atoms with van der Waals surface area (Å²) in [5.41, 5.74) is 0. The van der Waals surface area contributed by atoms with Crippen molar-refractivity contribution < 1.29 is 28.8 Å². The van der Waals surface area contributed by atoms with Gasteiger partial charge < -0.3 is 28.8 Å². The summed E-state index contributed by atoms with van der Waals surface area (Å²) in [4.78, 5) is 19.3. The Hall–Kier alpha value is -1.14. The van der Waals surface area contributed by atoms with Crippen molar-refractivity contribution in [2.24, 2.45) is 0 Å². The van der Waals surface area contributed by atoms with Gasteiger partial charge in [0, 0.05) is 11.9 Å². The van der Waals surface area contributed by atoms with Crippen molar-refractivity contribution >= 4 is 11.9 Å². The van der Waals surface area contributed by atoms with Gasteiger partial charge in [0.05, 0.1) is 54.4 Å². The summed E-state index contributed by atoms with van der Waals surface area (Å²) >= 11 is 0. The van der Waals surface area contributed by atoms with Gasteiger partial charge in [0.2, 0.25) is 0 Å². The molecule has 0 unspecified atom stereocenters. The van der Waals surface area contributed by atoms with Gasteiger partial charge >= 0.3 is 0 Å². The molecule has 0 fully saturated rings. The number of carbonyl (C=O) groups excluding carboxylic acids is 2. The Bertz CT molecular complexity index is 561. The molecule has 0 aromatic carbocycles. The van der Waals surface area contributed by atoms with Crippen LogP contribution in [-0.2, 0) is 9.59 Å². The van der Waals surface area contributed by atoms with E-state index in [2.05, 4.69) is 55.9 Å². The highest BCUT2D eigenvalue weighted by molar-refractivity contribution is 5.67. The highest BCUT2D eigenvalue weighted by Gasteiger charge is 2.14. The number of unbranched alkanes of at least 4 members (excludes halogenated alkanes) is 20. The molecule has 0 aromatic rings. The quantitative estimate of drug-likeness (QED) is 0.0528. The molecular formula is C41H86N2O4. The van der Waals surface area contributed by atoms with Crippen LogP contribution in [0.25, 0.3) is 0 Å². The molecule has 6 heteroatoms. The Morgan fingerprint density at radius 3 is 0.723 bits per heavy atom. The highest BCUT2D eigenvalue weighted by Crippen LogP contribution is 2.13. The molecule has 0 saturated heterocycles. The average Bonchev–Trinajstić information content (AvgIpc) is 3.00. The Labute approximate surface area is 295 Å². The molecule has 0 aliphatic rings. The zero-order chi connectivity index (χ0) is 36.1. The summed E-state index contributed by atoms with van der Waals surface area (Å²) in [7, 11) is 9.66. The van der Waals surface area contributed by atoms with Crippen molar-refractivity contribution in [3.63, 3.8) is 0 Å². The number of rotatable bonds is 32. The van der Waals surface area contributed by atoms with E-state index >= 15 is 0 Å². The molecular weight excluding hydrogens is 584 g/mol. The first-order valence-electron chi connectivity index (χ1n) is 20.4. The van der Waals surface area contributed by atoms with Crippen molar-refractivity contribution in [2.45, 2.75) is 201 Å². The maximum Gasteiger partial charge on any atom is 0.0782 e. The van der Waals surface area contributed by atoms with Crippen LogP contribution in [0.4, 0.5) is 0 Å². The van der Waals surface area contributed by atoms with Gasteiger partial charge in [0.1, 0.15) is 0 Å². The van der Waals surface area contributed by atoms with Crippen molar-refractivity contribution in [3.8, 4) is 0 Å². The normalized spacial score (nSPS) is 11.4. The zero-order valence-corrected chi connectivity index (χ0v) is 33.4. The molecule has 0 aromatic heterocycles. The van der Waals surface area contributed by atoms with E-state index in [1.807, 2.05) is 0 Å². The fourth-order valence-electron chi connectivity index (χ4n) is 5.88. The van der Waals surface area contributed by atoms with Gasteiger partial charge in [-0.1, -0.05) is 130 Å². The summed E-state index contributed by atoms with van der Waals surface area (Å²) in [6.45, 7) is 14.7. The molecule has 0 aliphatic heterocycles. The zero-order valence-electron chi connectivity index (χ0n) is 33.4. The minimum Gasteiger partial charge on any atom is -0.550 e. The van der Waals surface area contributed by atoms with Crippen LogP contribution in [0.15, 0.2) is 0 Å². The van der Waals surface area contributed by atoms with Crippen molar-refractivity contribution in [1.82, 2.24) is 0 Å². The Kier molecular flexibility index (Phi) is 40.3. The SMILES string of the molecule is CCCCCCCC[N+](C)(C)CCCCCCCC.CCCCCCCC[N+](C)(C)CCCCCCCC.O=C([O-])CCCC(=O)[O-]. The van der Waals surface area contributed by atoms with Crippen LogP contribution in [0, 0.1) is 0 Å². The maximum atomic E-state index is 9.66. The van der Waals surface area contributed by atoms with E-state index in [0.29, 0.717) is 0 Å². The molecule has 0 atom stereocenters. The lowest BCUT2D eigenvalue weighted by Crippen LogP contribution is -2.41. The van der Waals surface area contributed by atoms with Crippen LogP contribution >= 0.6 is 0 Å². The van der Waals surface area contributed by atoms with E-state index in [0.717, 1.165) is 0 Å². The number of nitrogens with zero attached hydrogens (tertiary/aromatic N) is 2. The third-order valence-corrected chi connectivity index (χ3v) is 9.23. The molecule has 6 nitrogen and oxygen atoms in total. The molecule has 47 heavy (non-hydrogen) atoms. The second-order valence-corrected chi connectivity index (χ2v) is 15.4. The second kappa shape index (κ2) is 37.7. The molecule has 0 radical (unpaired) electrons. The number of hydrogen-bond donors (Lipinski definition) is 0. The lowest BCUT2D eigenvalue weighted by Gasteiger charge is -2.30. The van der Waals surface area contributed by atoms with Gasteiger partial charge in [-0.25, -0.2) is 0 Å². The average molecular weight is 671 g/mol.